The normalized spacial score (nSPS) is 11.8. The number of hydrogen-bond donors (Lipinski definition) is 2. The number of aromatic nitrogens is 1. The highest BCUT2D eigenvalue weighted by atomic mass is 16.1. The van der Waals surface area contributed by atoms with E-state index in [1.165, 1.54) is 0 Å². The number of nitrogens with zero attached hydrogens (tertiary/aromatic N) is 1. The van der Waals surface area contributed by atoms with Crippen molar-refractivity contribution < 1.29 is 4.79 Å². The molecule has 0 bridgehead atoms. The lowest BCUT2D eigenvalue weighted by atomic mass is 10.1. The van der Waals surface area contributed by atoms with Crippen molar-refractivity contribution in [2.45, 2.75) is 33.2 Å². The molecule has 4 nitrogen and oxygen atoms in total. The highest BCUT2D eigenvalue weighted by molar-refractivity contribution is 5.92. The number of rotatable bonds is 5. The first-order valence-corrected chi connectivity index (χ1v) is 7.17. The van der Waals surface area contributed by atoms with E-state index in [-0.39, 0.29) is 11.9 Å². The Bertz CT molecular complexity index is 611. The predicted molar refractivity (Wildman–Crippen MR) is 86.4 cm³/mol. The molecule has 0 saturated heterocycles. The summed E-state index contributed by atoms with van der Waals surface area (Å²) in [5, 5.41) is 6.39. The van der Waals surface area contributed by atoms with Gasteiger partial charge < -0.3 is 10.6 Å². The van der Waals surface area contributed by atoms with Gasteiger partial charge in [0.25, 0.3) is 0 Å². The Balaban J connectivity index is 2.17. The van der Waals surface area contributed by atoms with Crippen LogP contribution in [0.2, 0.25) is 0 Å². The Morgan fingerprint density at radius 1 is 1.24 bits per heavy atom. The van der Waals surface area contributed by atoms with Crippen LogP contribution in [0.4, 0.5) is 11.4 Å². The fourth-order valence-corrected chi connectivity index (χ4v) is 2.11. The summed E-state index contributed by atoms with van der Waals surface area (Å²) in [5.74, 6) is 0.0237. The summed E-state index contributed by atoms with van der Waals surface area (Å²) in [6.45, 7) is 5.94. The smallest absolute Gasteiger partial charge is 0.224 e. The number of amides is 1. The summed E-state index contributed by atoms with van der Waals surface area (Å²) in [6.07, 6.45) is 4.10. The highest BCUT2D eigenvalue weighted by Crippen LogP contribution is 2.27. The molecule has 1 atom stereocenters. The van der Waals surface area contributed by atoms with E-state index in [1.54, 1.807) is 6.20 Å². The molecule has 4 heteroatoms. The van der Waals surface area contributed by atoms with Gasteiger partial charge in [0.15, 0.2) is 0 Å². The molecule has 0 aliphatic rings. The summed E-state index contributed by atoms with van der Waals surface area (Å²) in [4.78, 5) is 15.7. The Hall–Kier alpha value is -2.36. The van der Waals surface area contributed by atoms with Crippen molar-refractivity contribution >= 4 is 17.3 Å². The van der Waals surface area contributed by atoms with Crippen LogP contribution < -0.4 is 10.6 Å². The number of carbonyl (C=O) groups excluding carboxylic acids is 1. The van der Waals surface area contributed by atoms with Crippen LogP contribution in [0, 0.1) is 6.92 Å². The first-order chi connectivity index (χ1) is 10.1. The SMILES string of the molecule is CCC(=O)Nc1cccc(NC(C)c2cccnc2)c1C. The standard InChI is InChI=1S/C17H21N3O/c1-4-17(21)20-16-9-5-8-15(12(16)2)19-13(3)14-7-6-10-18-11-14/h5-11,13,19H,4H2,1-3H3,(H,20,21). The van der Waals surface area contributed by atoms with Crippen LogP contribution in [-0.4, -0.2) is 10.9 Å². The minimum Gasteiger partial charge on any atom is -0.378 e. The number of pyridine rings is 1. The summed E-state index contributed by atoms with van der Waals surface area (Å²) in [6, 6.07) is 10.00. The molecule has 1 aromatic heterocycles. The van der Waals surface area contributed by atoms with Crippen LogP contribution >= 0.6 is 0 Å². The van der Waals surface area contributed by atoms with Gasteiger partial charge in [-0.1, -0.05) is 19.1 Å². The predicted octanol–water partition coefficient (Wildman–Crippen LogP) is 3.91. The van der Waals surface area contributed by atoms with E-state index in [0.717, 1.165) is 22.5 Å². The maximum atomic E-state index is 11.5. The first-order valence-electron chi connectivity index (χ1n) is 7.17. The minimum atomic E-state index is 0.0237. The van der Waals surface area contributed by atoms with Gasteiger partial charge in [-0.05, 0) is 43.2 Å². The van der Waals surface area contributed by atoms with Gasteiger partial charge in [0.05, 0.1) is 6.04 Å². The van der Waals surface area contributed by atoms with Crippen molar-refractivity contribution in [2.75, 3.05) is 10.6 Å². The van der Waals surface area contributed by atoms with E-state index in [2.05, 4.69) is 22.5 Å². The average Bonchev–Trinajstić information content (AvgIpc) is 2.52. The molecule has 0 aliphatic heterocycles. The molecule has 1 unspecified atom stereocenters. The Morgan fingerprint density at radius 2 is 2.00 bits per heavy atom. The topological polar surface area (TPSA) is 54.0 Å². The van der Waals surface area contributed by atoms with Gasteiger partial charge in [-0.25, -0.2) is 0 Å². The fraction of sp³-hybridized carbons (Fsp3) is 0.294. The molecule has 0 saturated carbocycles. The lowest BCUT2D eigenvalue weighted by molar-refractivity contribution is -0.115. The maximum Gasteiger partial charge on any atom is 0.224 e. The van der Waals surface area contributed by atoms with Crippen molar-refractivity contribution in [3.05, 3.63) is 53.9 Å². The number of hydrogen-bond acceptors (Lipinski definition) is 3. The fourth-order valence-electron chi connectivity index (χ4n) is 2.11. The molecule has 1 heterocycles. The molecule has 110 valence electrons. The van der Waals surface area contributed by atoms with Crippen LogP contribution in [0.3, 0.4) is 0 Å². The van der Waals surface area contributed by atoms with E-state index >= 15 is 0 Å². The molecule has 0 fully saturated rings. The van der Waals surface area contributed by atoms with E-state index in [9.17, 15) is 4.79 Å². The summed E-state index contributed by atoms with van der Waals surface area (Å²) >= 11 is 0. The highest BCUT2D eigenvalue weighted by Gasteiger charge is 2.10. The maximum absolute atomic E-state index is 11.5. The average molecular weight is 283 g/mol. The minimum absolute atomic E-state index is 0.0237. The molecular formula is C17H21N3O. The zero-order chi connectivity index (χ0) is 15.2. The van der Waals surface area contributed by atoms with Crippen molar-refractivity contribution in [3.8, 4) is 0 Å². The van der Waals surface area contributed by atoms with E-state index < -0.39 is 0 Å². The van der Waals surface area contributed by atoms with Gasteiger partial charge in [0.2, 0.25) is 5.91 Å². The quantitative estimate of drug-likeness (QED) is 0.874. The Labute approximate surface area is 125 Å². The van der Waals surface area contributed by atoms with Crippen LogP contribution in [0.1, 0.15) is 37.4 Å². The molecule has 1 aromatic carbocycles. The first kappa shape index (κ1) is 15.0. The zero-order valence-electron chi connectivity index (χ0n) is 12.7. The second kappa shape index (κ2) is 6.88. The van der Waals surface area contributed by atoms with Crippen LogP contribution in [-0.2, 0) is 4.79 Å². The number of carbonyl (C=O) groups is 1. The van der Waals surface area contributed by atoms with Crippen molar-refractivity contribution in [2.24, 2.45) is 0 Å². The molecular weight excluding hydrogens is 262 g/mol. The molecule has 2 aromatic rings. The van der Waals surface area contributed by atoms with E-state index in [0.29, 0.717) is 6.42 Å². The summed E-state index contributed by atoms with van der Waals surface area (Å²) in [7, 11) is 0. The number of anilines is 2. The van der Waals surface area contributed by atoms with Crippen molar-refractivity contribution in [1.82, 2.24) is 4.98 Å². The third-order valence-corrected chi connectivity index (χ3v) is 3.49. The molecule has 21 heavy (non-hydrogen) atoms. The van der Waals surface area contributed by atoms with Crippen molar-refractivity contribution in [1.29, 1.82) is 0 Å². The van der Waals surface area contributed by atoms with Gasteiger partial charge in [-0.2, -0.15) is 0 Å². The monoisotopic (exact) mass is 283 g/mol. The second-order valence-electron chi connectivity index (χ2n) is 5.03. The van der Waals surface area contributed by atoms with Gasteiger partial charge >= 0.3 is 0 Å². The lowest BCUT2D eigenvalue weighted by Gasteiger charge is -2.19. The van der Waals surface area contributed by atoms with Gasteiger partial charge in [-0.3, -0.25) is 9.78 Å². The van der Waals surface area contributed by atoms with E-state index in [1.807, 2.05) is 50.4 Å². The third-order valence-electron chi connectivity index (χ3n) is 3.49. The van der Waals surface area contributed by atoms with E-state index in [4.69, 9.17) is 0 Å². The van der Waals surface area contributed by atoms with Crippen LogP contribution in [0.15, 0.2) is 42.7 Å². The van der Waals surface area contributed by atoms with Crippen molar-refractivity contribution in [3.63, 3.8) is 0 Å². The Kier molecular flexibility index (Phi) is 4.93. The molecule has 2 N–H and O–H groups in total. The van der Waals surface area contributed by atoms with Crippen LogP contribution in [0.25, 0.3) is 0 Å². The number of nitrogens with one attached hydrogen (secondary N) is 2. The van der Waals surface area contributed by atoms with Gasteiger partial charge in [-0.15, -0.1) is 0 Å². The summed E-state index contributed by atoms with van der Waals surface area (Å²) in [5.41, 5.74) is 4.03. The van der Waals surface area contributed by atoms with Crippen LogP contribution in [0.5, 0.6) is 0 Å². The number of benzene rings is 1. The Morgan fingerprint density at radius 3 is 2.67 bits per heavy atom. The zero-order valence-corrected chi connectivity index (χ0v) is 12.7. The van der Waals surface area contributed by atoms with Gasteiger partial charge in [0.1, 0.15) is 0 Å². The summed E-state index contributed by atoms with van der Waals surface area (Å²) < 4.78 is 0. The molecule has 2 rings (SSSR count). The third kappa shape index (κ3) is 3.81. The molecule has 0 spiro atoms. The van der Waals surface area contributed by atoms with Gasteiger partial charge in [0, 0.05) is 30.2 Å². The molecule has 0 aliphatic carbocycles. The molecule has 0 radical (unpaired) electrons. The molecule has 1 amide bonds. The lowest BCUT2D eigenvalue weighted by Crippen LogP contribution is -2.12. The largest absolute Gasteiger partial charge is 0.378 e. The second-order valence-corrected chi connectivity index (χ2v) is 5.03.